The predicted octanol–water partition coefficient (Wildman–Crippen LogP) is 5.81. The average molecular weight is 462 g/mol. The number of hydrogen-bond acceptors (Lipinski definition) is 3. The third-order valence-corrected chi connectivity index (χ3v) is 6.84. The summed E-state index contributed by atoms with van der Waals surface area (Å²) in [4.78, 5) is 0. The first-order valence-corrected chi connectivity index (χ1v) is 12.3. The fraction of sp³-hybridized carbons (Fsp3) is 0.250. The van der Waals surface area contributed by atoms with Crippen LogP contribution in [0, 0.1) is 18.6 Å². The number of sulfone groups is 1. The number of benzene rings is 3. The lowest BCUT2D eigenvalue weighted by Gasteiger charge is -2.27. The molecule has 1 aliphatic rings. The molecule has 0 bridgehead atoms. The molecule has 1 N–H and O–H groups in total. The van der Waals surface area contributed by atoms with Crippen molar-refractivity contribution < 1.29 is 17.2 Å². The van der Waals surface area contributed by atoms with Gasteiger partial charge in [0.25, 0.3) is 0 Å². The topological polar surface area (TPSA) is 46.2 Å². The van der Waals surface area contributed by atoms with Crippen LogP contribution in [0.15, 0.2) is 54.6 Å². The summed E-state index contributed by atoms with van der Waals surface area (Å²) in [6.07, 6.45) is 1.20. The Hall–Kier alpha value is -2.44. The van der Waals surface area contributed by atoms with Crippen LogP contribution in [0.3, 0.4) is 0 Å². The zero-order valence-corrected chi connectivity index (χ0v) is 18.7. The fourth-order valence-corrected chi connectivity index (χ4v) is 5.47. The monoisotopic (exact) mass is 461 g/mol. The highest BCUT2D eigenvalue weighted by molar-refractivity contribution is 7.89. The average Bonchev–Trinajstić information content (AvgIpc) is 3.09. The van der Waals surface area contributed by atoms with Crippen molar-refractivity contribution in [2.24, 2.45) is 0 Å². The van der Waals surface area contributed by atoms with Gasteiger partial charge in [-0.2, -0.15) is 0 Å². The van der Waals surface area contributed by atoms with E-state index in [1.54, 1.807) is 24.3 Å². The minimum Gasteiger partial charge on any atom is -0.384 e. The molecule has 31 heavy (non-hydrogen) atoms. The van der Waals surface area contributed by atoms with Gasteiger partial charge in [-0.25, -0.2) is 17.2 Å². The molecule has 2 unspecified atom stereocenters. The molecule has 0 saturated heterocycles. The molecule has 0 saturated carbocycles. The molecule has 7 heteroatoms. The Morgan fingerprint density at radius 1 is 1.10 bits per heavy atom. The van der Waals surface area contributed by atoms with Gasteiger partial charge in [-0.05, 0) is 59.0 Å². The lowest BCUT2D eigenvalue weighted by atomic mass is 9.76. The van der Waals surface area contributed by atoms with Crippen molar-refractivity contribution in [2.75, 3.05) is 18.1 Å². The molecule has 4 rings (SSSR count). The predicted molar refractivity (Wildman–Crippen MR) is 121 cm³/mol. The summed E-state index contributed by atoms with van der Waals surface area (Å²) in [6.45, 7) is 2.31. The van der Waals surface area contributed by atoms with Gasteiger partial charge in [0, 0.05) is 35.3 Å². The van der Waals surface area contributed by atoms with Gasteiger partial charge in [0.2, 0.25) is 0 Å². The van der Waals surface area contributed by atoms with Crippen LogP contribution in [0.5, 0.6) is 0 Å². The summed E-state index contributed by atoms with van der Waals surface area (Å²) in [6, 6.07) is 14.7. The lowest BCUT2D eigenvalue weighted by molar-refractivity contribution is 0.565. The molecule has 0 fully saturated rings. The van der Waals surface area contributed by atoms with Crippen molar-refractivity contribution in [1.29, 1.82) is 0 Å². The van der Waals surface area contributed by atoms with E-state index in [-0.39, 0.29) is 17.5 Å². The quantitative estimate of drug-likeness (QED) is 0.521. The maximum atomic E-state index is 15.1. The van der Waals surface area contributed by atoms with Crippen LogP contribution in [0.2, 0.25) is 5.02 Å². The summed E-state index contributed by atoms with van der Waals surface area (Å²) in [7, 11) is -3.22. The SMILES string of the molecule is Cc1cc(F)ccc1C(c1ccc(Cl)cc1F)C1CNc2c(CS(C)(=O)=O)cccc21. The summed E-state index contributed by atoms with van der Waals surface area (Å²) in [5.74, 6) is -1.43. The highest BCUT2D eigenvalue weighted by atomic mass is 35.5. The molecule has 2 atom stereocenters. The van der Waals surface area contributed by atoms with E-state index in [9.17, 15) is 12.8 Å². The second kappa shape index (κ2) is 8.24. The second-order valence-corrected chi connectivity index (χ2v) is 10.7. The van der Waals surface area contributed by atoms with E-state index in [1.807, 2.05) is 19.1 Å². The molecule has 3 nitrogen and oxygen atoms in total. The first-order valence-electron chi connectivity index (χ1n) is 9.88. The number of anilines is 1. The molecular formula is C24H22ClF2NO2S. The van der Waals surface area contributed by atoms with Crippen LogP contribution in [0.25, 0.3) is 0 Å². The Bertz CT molecular complexity index is 1210. The van der Waals surface area contributed by atoms with Crippen LogP contribution < -0.4 is 5.32 Å². The van der Waals surface area contributed by atoms with E-state index >= 15 is 4.39 Å². The van der Waals surface area contributed by atoms with Crippen molar-refractivity contribution in [3.63, 3.8) is 0 Å². The van der Waals surface area contributed by atoms with Crippen LogP contribution >= 0.6 is 11.6 Å². The number of halogens is 3. The molecule has 1 heterocycles. The molecule has 0 aliphatic carbocycles. The van der Waals surface area contributed by atoms with E-state index in [4.69, 9.17) is 11.6 Å². The van der Waals surface area contributed by atoms with E-state index in [0.717, 1.165) is 22.4 Å². The zero-order valence-electron chi connectivity index (χ0n) is 17.1. The highest BCUT2D eigenvalue weighted by Crippen LogP contribution is 2.47. The Kier molecular flexibility index (Phi) is 5.79. The van der Waals surface area contributed by atoms with Gasteiger partial charge >= 0.3 is 0 Å². The van der Waals surface area contributed by atoms with Gasteiger partial charge in [0.05, 0.1) is 5.75 Å². The summed E-state index contributed by atoms with van der Waals surface area (Å²) >= 11 is 5.98. The zero-order chi connectivity index (χ0) is 22.3. The summed E-state index contributed by atoms with van der Waals surface area (Å²) in [5.41, 5.74) is 4.39. The van der Waals surface area contributed by atoms with Gasteiger partial charge in [-0.3, -0.25) is 0 Å². The molecule has 0 aromatic heterocycles. The Labute approximate surface area is 186 Å². The van der Waals surface area contributed by atoms with Gasteiger partial charge in [-0.1, -0.05) is 41.9 Å². The van der Waals surface area contributed by atoms with E-state index in [1.165, 1.54) is 24.5 Å². The standard InChI is InChI=1S/C24H22ClF2NO2S/c1-14-10-17(26)7-9-18(14)23(20-8-6-16(25)11-22(20)27)21-12-28-24-15(13-31(2,29)30)4-3-5-19(21)24/h3-11,21,23,28H,12-13H2,1-2H3. The van der Waals surface area contributed by atoms with Crippen molar-refractivity contribution in [1.82, 2.24) is 0 Å². The number of hydrogen-bond donors (Lipinski definition) is 1. The van der Waals surface area contributed by atoms with Gasteiger partial charge < -0.3 is 5.32 Å². The van der Waals surface area contributed by atoms with Gasteiger partial charge in [-0.15, -0.1) is 0 Å². The summed E-state index contributed by atoms with van der Waals surface area (Å²) in [5, 5.41) is 3.64. The third-order valence-electron chi connectivity index (χ3n) is 5.77. The Morgan fingerprint density at radius 2 is 1.84 bits per heavy atom. The van der Waals surface area contributed by atoms with Crippen LogP contribution in [-0.2, 0) is 15.6 Å². The minimum atomic E-state index is -3.22. The normalized spacial score (nSPS) is 16.6. The Morgan fingerprint density at radius 3 is 2.52 bits per heavy atom. The van der Waals surface area contributed by atoms with Gasteiger partial charge in [0.1, 0.15) is 11.6 Å². The molecular weight excluding hydrogens is 440 g/mol. The number of para-hydroxylation sites is 1. The van der Waals surface area contributed by atoms with Crippen LogP contribution in [0.1, 0.15) is 39.7 Å². The first kappa shape index (κ1) is 21.8. The molecule has 0 radical (unpaired) electrons. The molecule has 1 aliphatic heterocycles. The maximum absolute atomic E-state index is 15.1. The second-order valence-electron chi connectivity index (χ2n) is 8.08. The molecule has 0 spiro atoms. The van der Waals surface area contributed by atoms with Crippen LogP contribution in [0.4, 0.5) is 14.5 Å². The van der Waals surface area contributed by atoms with E-state index < -0.39 is 21.6 Å². The van der Waals surface area contributed by atoms with Gasteiger partial charge in [0.15, 0.2) is 9.84 Å². The van der Waals surface area contributed by atoms with Crippen molar-refractivity contribution in [3.8, 4) is 0 Å². The number of rotatable bonds is 5. The first-order chi connectivity index (χ1) is 14.6. The number of fused-ring (bicyclic) bond motifs is 1. The fourth-order valence-electron chi connectivity index (χ4n) is 4.51. The molecule has 0 amide bonds. The third kappa shape index (κ3) is 4.46. The van der Waals surface area contributed by atoms with Crippen LogP contribution in [-0.4, -0.2) is 21.2 Å². The minimum absolute atomic E-state index is 0.0779. The molecule has 3 aromatic carbocycles. The molecule has 162 valence electrons. The number of aryl methyl sites for hydroxylation is 1. The summed E-state index contributed by atoms with van der Waals surface area (Å²) < 4.78 is 52.7. The number of nitrogens with one attached hydrogen (secondary N) is 1. The molecule has 3 aromatic rings. The smallest absolute Gasteiger partial charge is 0.151 e. The lowest BCUT2D eigenvalue weighted by Crippen LogP contribution is -2.17. The Balaban J connectivity index is 1.88. The van der Waals surface area contributed by atoms with Crippen molar-refractivity contribution >= 4 is 27.1 Å². The maximum Gasteiger partial charge on any atom is 0.151 e. The van der Waals surface area contributed by atoms with Crippen molar-refractivity contribution in [2.45, 2.75) is 24.5 Å². The largest absolute Gasteiger partial charge is 0.384 e. The van der Waals surface area contributed by atoms with E-state index in [0.29, 0.717) is 22.7 Å². The van der Waals surface area contributed by atoms with Crippen molar-refractivity contribution in [3.05, 3.63) is 99.1 Å². The van der Waals surface area contributed by atoms with E-state index in [2.05, 4.69) is 5.32 Å². The highest BCUT2D eigenvalue weighted by Gasteiger charge is 2.35.